The van der Waals surface area contributed by atoms with E-state index in [2.05, 4.69) is 22.0 Å². The van der Waals surface area contributed by atoms with Crippen molar-refractivity contribution in [2.24, 2.45) is 0 Å². The van der Waals surface area contributed by atoms with Gasteiger partial charge < -0.3 is 15.1 Å². The lowest BCUT2D eigenvalue weighted by molar-refractivity contribution is -0.137. The molecular formula is C16H22F3N3O. The molecular weight excluding hydrogens is 307 g/mol. The zero-order valence-electron chi connectivity index (χ0n) is 13.2. The van der Waals surface area contributed by atoms with Crippen LogP contribution in [0.4, 0.5) is 18.9 Å². The molecule has 1 heterocycles. The van der Waals surface area contributed by atoms with Crippen LogP contribution in [0, 0.1) is 0 Å². The molecule has 0 saturated carbocycles. The second-order valence-corrected chi connectivity index (χ2v) is 5.65. The summed E-state index contributed by atoms with van der Waals surface area (Å²) in [6.07, 6.45) is -4.12. The fourth-order valence-electron chi connectivity index (χ4n) is 2.59. The van der Waals surface area contributed by atoms with Crippen molar-refractivity contribution in [2.75, 3.05) is 44.6 Å². The van der Waals surface area contributed by atoms with Crippen molar-refractivity contribution in [1.82, 2.24) is 9.80 Å². The molecule has 7 heteroatoms. The molecule has 128 valence electrons. The van der Waals surface area contributed by atoms with Crippen LogP contribution >= 0.6 is 0 Å². The number of anilines is 1. The van der Waals surface area contributed by atoms with E-state index in [0.717, 1.165) is 44.9 Å². The number of hydrogen-bond donors (Lipinski definition) is 1. The molecule has 0 spiro atoms. The number of carbonyl (C=O) groups excluding carboxylic acids is 1. The van der Waals surface area contributed by atoms with E-state index < -0.39 is 11.7 Å². The Hall–Kier alpha value is -1.60. The van der Waals surface area contributed by atoms with Gasteiger partial charge in [-0.25, -0.2) is 0 Å². The van der Waals surface area contributed by atoms with Crippen LogP contribution < -0.4 is 5.32 Å². The number of nitrogens with one attached hydrogen (secondary N) is 1. The molecule has 1 fully saturated rings. The van der Waals surface area contributed by atoms with Gasteiger partial charge in [0.25, 0.3) is 0 Å². The lowest BCUT2D eigenvalue weighted by Crippen LogP contribution is -2.46. The number of carbonyl (C=O) groups is 1. The monoisotopic (exact) mass is 329 g/mol. The van der Waals surface area contributed by atoms with Crippen LogP contribution in [0.2, 0.25) is 0 Å². The Morgan fingerprint density at radius 1 is 1.17 bits per heavy atom. The van der Waals surface area contributed by atoms with Gasteiger partial charge in [0, 0.05) is 44.8 Å². The first-order chi connectivity index (χ1) is 10.9. The third-order valence-electron chi connectivity index (χ3n) is 4.04. The fraction of sp³-hybridized carbons (Fsp3) is 0.562. The summed E-state index contributed by atoms with van der Waals surface area (Å²) in [7, 11) is 0. The first kappa shape index (κ1) is 17.7. The maximum atomic E-state index is 12.6. The largest absolute Gasteiger partial charge is 0.416 e. The van der Waals surface area contributed by atoms with E-state index >= 15 is 0 Å². The highest BCUT2D eigenvalue weighted by Crippen LogP contribution is 2.30. The lowest BCUT2D eigenvalue weighted by atomic mass is 10.2. The maximum Gasteiger partial charge on any atom is 0.416 e. The minimum Gasteiger partial charge on any atom is -0.326 e. The first-order valence-electron chi connectivity index (χ1n) is 7.80. The molecule has 0 aromatic heterocycles. The van der Waals surface area contributed by atoms with E-state index in [1.54, 1.807) is 0 Å². The Morgan fingerprint density at radius 3 is 2.43 bits per heavy atom. The number of alkyl halides is 3. The number of piperazine rings is 1. The third-order valence-corrected chi connectivity index (χ3v) is 4.04. The van der Waals surface area contributed by atoms with E-state index in [1.807, 2.05) is 0 Å². The Labute approximate surface area is 134 Å². The van der Waals surface area contributed by atoms with Gasteiger partial charge in [-0.05, 0) is 24.7 Å². The van der Waals surface area contributed by atoms with E-state index in [-0.39, 0.29) is 18.0 Å². The Kier molecular flexibility index (Phi) is 6.01. The number of benzene rings is 1. The Morgan fingerprint density at radius 2 is 1.83 bits per heavy atom. The van der Waals surface area contributed by atoms with E-state index in [1.165, 1.54) is 12.1 Å². The summed E-state index contributed by atoms with van der Waals surface area (Å²) >= 11 is 0. The normalized spacial score (nSPS) is 17.2. The molecule has 0 radical (unpaired) electrons. The van der Waals surface area contributed by atoms with Crippen molar-refractivity contribution in [2.45, 2.75) is 19.5 Å². The second kappa shape index (κ2) is 7.79. The van der Waals surface area contributed by atoms with Gasteiger partial charge in [-0.1, -0.05) is 13.0 Å². The van der Waals surface area contributed by atoms with Crippen molar-refractivity contribution < 1.29 is 18.0 Å². The zero-order chi connectivity index (χ0) is 16.9. The molecule has 1 aliphatic heterocycles. The number of rotatable bonds is 5. The van der Waals surface area contributed by atoms with Crippen LogP contribution in [0.3, 0.4) is 0 Å². The van der Waals surface area contributed by atoms with Gasteiger partial charge in [0.15, 0.2) is 0 Å². The minimum atomic E-state index is -4.40. The van der Waals surface area contributed by atoms with Gasteiger partial charge >= 0.3 is 6.18 Å². The Bertz CT molecular complexity index is 526. The molecule has 0 unspecified atom stereocenters. The van der Waals surface area contributed by atoms with Crippen LogP contribution in [0.5, 0.6) is 0 Å². The molecule has 1 amide bonds. The predicted octanol–water partition coefficient (Wildman–Crippen LogP) is 2.67. The van der Waals surface area contributed by atoms with Crippen molar-refractivity contribution in [3.8, 4) is 0 Å². The predicted molar refractivity (Wildman–Crippen MR) is 83.2 cm³/mol. The topological polar surface area (TPSA) is 35.6 Å². The van der Waals surface area contributed by atoms with Gasteiger partial charge in [-0.2, -0.15) is 13.2 Å². The molecule has 0 atom stereocenters. The molecule has 1 aromatic rings. The molecule has 23 heavy (non-hydrogen) atoms. The number of halogens is 3. The van der Waals surface area contributed by atoms with Gasteiger partial charge in [0.05, 0.1) is 5.56 Å². The molecule has 2 rings (SSSR count). The van der Waals surface area contributed by atoms with Crippen molar-refractivity contribution in [3.05, 3.63) is 29.8 Å². The van der Waals surface area contributed by atoms with Gasteiger partial charge in [0.1, 0.15) is 0 Å². The highest BCUT2D eigenvalue weighted by Gasteiger charge is 2.30. The van der Waals surface area contributed by atoms with E-state index in [4.69, 9.17) is 0 Å². The number of likely N-dealkylation sites (N-methyl/N-ethyl adjacent to an activating group) is 1. The van der Waals surface area contributed by atoms with Gasteiger partial charge in [0.2, 0.25) is 5.91 Å². The van der Waals surface area contributed by atoms with E-state index in [9.17, 15) is 18.0 Å². The third kappa shape index (κ3) is 5.51. The van der Waals surface area contributed by atoms with Crippen molar-refractivity contribution in [1.29, 1.82) is 0 Å². The zero-order valence-corrected chi connectivity index (χ0v) is 13.2. The average Bonchev–Trinajstić information content (AvgIpc) is 2.53. The maximum absolute atomic E-state index is 12.6. The SMILES string of the molecule is CCN1CCN(CCC(=O)Nc2cccc(C(F)(F)F)c2)CC1. The van der Waals surface area contributed by atoms with Crippen LogP contribution in [-0.4, -0.2) is 55.0 Å². The molecule has 1 aliphatic rings. The smallest absolute Gasteiger partial charge is 0.326 e. The number of hydrogen-bond acceptors (Lipinski definition) is 3. The average molecular weight is 329 g/mol. The van der Waals surface area contributed by atoms with Gasteiger partial charge in [-0.15, -0.1) is 0 Å². The Balaban J connectivity index is 1.79. The fourth-order valence-corrected chi connectivity index (χ4v) is 2.59. The highest BCUT2D eigenvalue weighted by molar-refractivity contribution is 5.90. The molecule has 1 aromatic carbocycles. The van der Waals surface area contributed by atoms with Crippen LogP contribution in [0.1, 0.15) is 18.9 Å². The first-order valence-corrected chi connectivity index (χ1v) is 7.80. The summed E-state index contributed by atoms with van der Waals surface area (Å²) < 4.78 is 37.9. The number of nitrogens with zero attached hydrogens (tertiary/aromatic N) is 2. The summed E-state index contributed by atoms with van der Waals surface area (Å²) in [4.78, 5) is 16.5. The molecule has 1 saturated heterocycles. The van der Waals surface area contributed by atoms with Crippen molar-refractivity contribution in [3.63, 3.8) is 0 Å². The minimum absolute atomic E-state index is 0.181. The molecule has 0 bridgehead atoms. The summed E-state index contributed by atoms with van der Waals surface area (Å²) in [5.41, 5.74) is -0.577. The summed E-state index contributed by atoms with van der Waals surface area (Å²) in [6, 6.07) is 4.70. The highest BCUT2D eigenvalue weighted by atomic mass is 19.4. The molecule has 0 aliphatic carbocycles. The van der Waals surface area contributed by atoms with Crippen LogP contribution in [0.15, 0.2) is 24.3 Å². The van der Waals surface area contributed by atoms with Gasteiger partial charge in [-0.3, -0.25) is 4.79 Å². The molecule has 4 nitrogen and oxygen atoms in total. The summed E-state index contributed by atoms with van der Waals surface area (Å²) in [6.45, 7) is 7.61. The van der Waals surface area contributed by atoms with Crippen LogP contribution in [0.25, 0.3) is 0 Å². The quantitative estimate of drug-likeness (QED) is 0.902. The van der Waals surface area contributed by atoms with Crippen LogP contribution in [-0.2, 0) is 11.0 Å². The standard InChI is InChI=1S/C16H22F3N3O/c1-2-21-8-10-22(11-9-21)7-6-15(23)20-14-5-3-4-13(12-14)16(17,18)19/h3-5,12H,2,6-11H2,1H3,(H,20,23). The molecule has 1 N–H and O–H groups in total. The number of amides is 1. The second-order valence-electron chi connectivity index (χ2n) is 5.65. The summed E-state index contributed by atoms with van der Waals surface area (Å²) in [5.74, 6) is -0.262. The summed E-state index contributed by atoms with van der Waals surface area (Å²) in [5, 5.41) is 2.54. The van der Waals surface area contributed by atoms with Crippen molar-refractivity contribution >= 4 is 11.6 Å². The van der Waals surface area contributed by atoms with E-state index in [0.29, 0.717) is 6.54 Å². The lowest BCUT2D eigenvalue weighted by Gasteiger charge is -2.33.